The summed E-state index contributed by atoms with van der Waals surface area (Å²) in [5.74, 6) is 0. The topological polar surface area (TPSA) is 49.7 Å². The van der Waals surface area contributed by atoms with Gasteiger partial charge in [-0.05, 0) is 25.7 Å². The van der Waals surface area contributed by atoms with Gasteiger partial charge in [0.15, 0.2) is 0 Å². The maximum atomic E-state index is 9.91. The lowest BCUT2D eigenvalue weighted by Crippen LogP contribution is -2.38. The molecule has 0 saturated carbocycles. The van der Waals surface area contributed by atoms with Gasteiger partial charge < -0.3 is 14.9 Å². The van der Waals surface area contributed by atoms with Gasteiger partial charge in [0.25, 0.3) is 0 Å². The van der Waals surface area contributed by atoms with Crippen LogP contribution in [-0.2, 0) is 4.74 Å². The molecule has 2 N–H and O–H groups in total. The molecule has 0 aromatic carbocycles. The third-order valence-corrected chi connectivity index (χ3v) is 3.19. The SMILES string of the molecule is CCCC(OC(CCC)C(O)CC)C(O)CC. The molecule has 0 aromatic rings. The van der Waals surface area contributed by atoms with Crippen molar-refractivity contribution in [2.45, 2.75) is 90.6 Å². The summed E-state index contributed by atoms with van der Waals surface area (Å²) in [6.07, 6.45) is 3.97. The Bertz CT molecular complexity index is 155. The van der Waals surface area contributed by atoms with Crippen molar-refractivity contribution in [2.75, 3.05) is 0 Å². The second-order valence-electron chi connectivity index (χ2n) is 4.74. The van der Waals surface area contributed by atoms with Gasteiger partial charge in [-0.15, -0.1) is 0 Å². The fourth-order valence-corrected chi connectivity index (χ4v) is 2.02. The fraction of sp³-hybridized carbons (Fsp3) is 1.00. The summed E-state index contributed by atoms with van der Waals surface area (Å²) in [5.41, 5.74) is 0. The second-order valence-corrected chi connectivity index (χ2v) is 4.74. The zero-order valence-electron chi connectivity index (χ0n) is 11.9. The number of rotatable bonds is 10. The highest BCUT2D eigenvalue weighted by Gasteiger charge is 2.25. The first kappa shape index (κ1) is 16.9. The van der Waals surface area contributed by atoms with Crippen LogP contribution in [0, 0.1) is 0 Å². The van der Waals surface area contributed by atoms with Crippen LogP contribution in [0.15, 0.2) is 0 Å². The normalized spacial score (nSPS) is 18.7. The molecule has 0 fully saturated rings. The molecule has 3 nitrogen and oxygen atoms in total. The molecular weight excluding hydrogens is 216 g/mol. The zero-order chi connectivity index (χ0) is 13.3. The Morgan fingerprint density at radius 2 is 1.12 bits per heavy atom. The molecule has 4 atom stereocenters. The molecule has 0 amide bonds. The van der Waals surface area contributed by atoms with Crippen LogP contribution < -0.4 is 0 Å². The van der Waals surface area contributed by atoms with Gasteiger partial charge in [0.2, 0.25) is 0 Å². The lowest BCUT2D eigenvalue weighted by Gasteiger charge is -2.30. The highest BCUT2D eigenvalue weighted by Crippen LogP contribution is 2.18. The van der Waals surface area contributed by atoms with Crippen molar-refractivity contribution in [1.29, 1.82) is 0 Å². The zero-order valence-corrected chi connectivity index (χ0v) is 11.9. The summed E-state index contributed by atoms with van der Waals surface area (Å²) in [4.78, 5) is 0. The van der Waals surface area contributed by atoms with E-state index >= 15 is 0 Å². The fourth-order valence-electron chi connectivity index (χ4n) is 2.02. The van der Waals surface area contributed by atoms with Crippen molar-refractivity contribution < 1.29 is 14.9 Å². The van der Waals surface area contributed by atoms with Crippen LogP contribution in [-0.4, -0.2) is 34.6 Å². The molecule has 0 aromatic heterocycles. The Labute approximate surface area is 106 Å². The van der Waals surface area contributed by atoms with E-state index in [0.29, 0.717) is 12.8 Å². The molecule has 0 bridgehead atoms. The minimum atomic E-state index is -0.418. The number of hydrogen-bond donors (Lipinski definition) is 2. The molecule has 0 saturated heterocycles. The van der Waals surface area contributed by atoms with Gasteiger partial charge in [0.05, 0.1) is 24.4 Å². The standard InChI is InChI=1S/C14H30O3/c1-5-9-13(11(15)7-3)17-14(10-6-2)12(16)8-4/h11-16H,5-10H2,1-4H3. The van der Waals surface area contributed by atoms with Gasteiger partial charge in [-0.2, -0.15) is 0 Å². The Hall–Kier alpha value is -0.120. The third-order valence-electron chi connectivity index (χ3n) is 3.19. The summed E-state index contributed by atoms with van der Waals surface area (Å²) >= 11 is 0. The summed E-state index contributed by atoms with van der Waals surface area (Å²) in [6, 6.07) is 0. The number of hydrogen-bond acceptors (Lipinski definition) is 3. The summed E-state index contributed by atoms with van der Waals surface area (Å²) in [5, 5.41) is 19.8. The van der Waals surface area contributed by atoms with Crippen molar-refractivity contribution >= 4 is 0 Å². The Morgan fingerprint density at radius 3 is 1.35 bits per heavy atom. The van der Waals surface area contributed by atoms with Gasteiger partial charge in [-0.3, -0.25) is 0 Å². The van der Waals surface area contributed by atoms with E-state index in [0.717, 1.165) is 25.7 Å². The molecule has 0 spiro atoms. The maximum absolute atomic E-state index is 9.91. The van der Waals surface area contributed by atoms with Gasteiger partial charge in [-0.25, -0.2) is 0 Å². The van der Waals surface area contributed by atoms with Crippen molar-refractivity contribution in [1.82, 2.24) is 0 Å². The highest BCUT2D eigenvalue weighted by atomic mass is 16.5. The first-order valence-corrected chi connectivity index (χ1v) is 7.12. The van der Waals surface area contributed by atoms with Gasteiger partial charge in [0, 0.05) is 0 Å². The Morgan fingerprint density at radius 1 is 0.765 bits per heavy atom. The molecule has 0 aliphatic rings. The molecule has 0 aliphatic carbocycles. The van der Waals surface area contributed by atoms with Crippen LogP contribution in [0.5, 0.6) is 0 Å². The molecule has 4 unspecified atom stereocenters. The van der Waals surface area contributed by atoms with E-state index in [4.69, 9.17) is 4.74 Å². The van der Waals surface area contributed by atoms with Gasteiger partial charge in [0.1, 0.15) is 0 Å². The average Bonchev–Trinajstić information content (AvgIpc) is 2.35. The Kier molecular flexibility index (Phi) is 9.79. The molecule has 3 heteroatoms. The first-order chi connectivity index (χ1) is 8.10. The molecule has 0 radical (unpaired) electrons. The average molecular weight is 246 g/mol. The van der Waals surface area contributed by atoms with Crippen LogP contribution >= 0.6 is 0 Å². The second kappa shape index (κ2) is 9.86. The number of aliphatic hydroxyl groups excluding tert-OH is 2. The van der Waals surface area contributed by atoms with Crippen molar-refractivity contribution in [2.24, 2.45) is 0 Å². The monoisotopic (exact) mass is 246 g/mol. The molecule has 104 valence electrons. The van der Waals surface area contributed by atoms with Crippen molar-refractivity contribution in [3.8, 4) is 0 Å². The molecule has 0 aliphatic heterocycles. The molecular formula is C14H30O3. The van der Waals surface area contributed by atoms with E-state index in [1.807, 2.05) is 13.8 Å². The van der Waals surface area contributed by atoms with E-state index in [1.165, 1.54) is 0 Å². The van der Waals surface area contributed by atoms with Gasteiger partial charge >= 0.3 is 0 Å². The lowest BCUT2D eigenvalue weighted by molar-refractivity contribution is -0.122. The van der Waals surface area contributed by atoms with Crippen LogP contribution in [0.25, 0.3) is 0 Å². The van der Waals surface area contributed by atoms with E-state index in [9.17, 15) is 10.2 Å². The predicted octanol–water partition coefficient (Wildman–Crippen LogP) is 2.88. The smallest absolute Gasteiger partial charge is 0.0838 e. The summed E-state index contributed by atoms with van der Waals surface area (Å²) < 4.78 is 5.94. The van der Waals surface area contributed by atoms with Crippen LogP contribution in [0.1, 0.15) is 66.2 Å². The van der Waals surface area contributed by atoms with E-state index in [1.54, 1.807) is 0 Å². The highest BCUT2D eigenvalue weighted by molar-refractivity contribution is 4.74. The minimum absolute atomic E-state index is 0.136. The van der Waals surface area contributed by atoms with Crippen LogP contribution in [0.4, 0.5) is 0 Å². The van der Waals surface area contributed by atoms with Gasteiger partial charge in [-0.1, -0.05) is 40.5 Å². The number of ether oxygens (including phenoxy) is 1. The largest absolute Gasteiger partial charge is 0.390 e. The molecule has 0 heterocycles. The van der Waals surface area contributed by atoms with Crippen molar-refractivity contribution in [3.05, 3.63) is 0 Å². The predicted molar refractivity (Wildman–Crippen MR) is 71.1 cm³/mol. The Balaban J connectivity index is 4.43. The van der Waals surface area contributed by atoms with Crippen molar-refractivity contribution in [3.63, 3.8) is 0 Å². The first-order valence-electron chi connectivity index (χ1n) is 7.12. The lowest BCUT2D eigenvalue weighted by atomic mass is 10.0. The van der Waals surface area contributed by atoms with E-state index < -0.39 is 12.2 Å². The minimum Gasteiger partial charge on any atom is -0.390 e. The molecule has 17 heavy (non-hydrogen) atoms. The van der Waals surface area contributed by atoms with E-state index in [2.05, 4.69) is 13.8 Å². The van der Waals surface area contributed by atoms with Crippen LogP contribution in [0.2, 0.25) is 0 Å². The maximum Gasteiger partial charge on any atom is 0.0838 e. The number of aliphatic hydroxyl groups is 2. The van der Waals surface area contributed by atoms with Crippen LogP contribution in [0.3, 0.4) is 0 Å². The summed E-state index contributed by atoms with van der Waals surface area (Å²) in [6.45, 7) is 8.09. The van der Waals surface area contributed by atoms with E-state index in [-0.39, 0.29) is 12.2 Å². The summed E-state index contributed by atoms with van der Waals surface area (Å²) in [7, 11) is 0. The third kappa shape index (κ3) is 6.39. The molecule has 0 rings (SSSR count). The quantitative estimate of drug-likeness (QED) is 0.623.